The summed E-state index contributed by atoms with van der Waals surface area (Å²) in [6.45, 7) is 0.412. The molecule has 0 aliphatic heterocycles. The van der Waals surface area contributed by atoms with E-state index in [4.69, 9.17) is 4.74 Å². The van der Waals surface area contributed by atoms with Crippen LogP contribution < -0.4 is 15.5 Å². The first-order valence-electron chi connectivity index (χ1n) is 7.99. The number of benzene rings is 2. The summed E-state index contributed by atoms with van der Waals surface area (Å²) in [6, 6.07) is 14.7. The molecule has 6 heteroatoms. The SMILES string of the molecule is COC(=O)c1ccccc1NCCC(=O)Nc1ccc(N(C)C)cc1. The summed E-state index contributed by atoms with van der Waals surface area (Å²) in [7, 11) is 5.27. The van der Waals surface area contributed by atoms with E-state index in [1.165, 1.54) is 7.11 Å². The molecule has 25 heavy (non-hydrogen) atoms. The Morgan fingerprint density at radius 3 is 2.36 bits per heavy atom. The van der Waals surface area contributed by atoms with Gasteiger partial charge < -0.3 is 20.3 Å². The fourth-order valence-corrected chi connectivity index (χ4v) is 2.30. The van der Waals surface area contributed by atoms with Crippen LogP contribution in [0.5, 0.6) is 0 Å². The van der Waals surface area contributed by atoms with Crippen LogP contribution in [0.2, 0.25) is 0 Å². The van der Waals surface area contributed by atoms with Crippen LogP contribution >= 0.6 is 0 Å². The minimum Gasteiger partial charge on any atom is -0.465 e. The fraction of sp³-hybridized carbons (Fsp3) is 0.263. The summed E-state index contributed by atoms with van der Waals surface area (Å²) in [5.41, 5.74) is 2.92. The molecule has 0 radical (unpaired) electrons. The van der Waals surface area contributed by atoms with Gasteiger partial charge in [0, 0.05) is 44.1 Å². The molecule has 0 fully saturated rings. The second-order valence-corrected chi connectivity index (χ2v) is 5.70. The molecule has 0 atom stereocenters. The smallest absolute Gasteiger partial charge is 0.339 e. The molecule has 0 aromatic heterocycles. The van der Waals surface area contributed by atoms with Gasteiger partial charge in [-0.05, 0) is 36.4 Å². The number of carbonyl (C=O) groups is 2. The second-order valence-electron chi connectivity index (χ2n) is 5.70. The maximum atomic E-state index is 12.0. The number of methoxy groups -OCH3 is 1. The molecule has 0 aliphatic carbocycles. The van der Waals surface area contributed by atoms with Gasteiger partial charge in [0.15, 0.2) is 0 Å². The van der Waals surface area contributed by atoms with Crippen molar-refractivity contribution in [1.82, 2.24) is 0 Å². The molecular formula is C19H23N3O3. The monoisotopic (exact) mass is 341 g/mol. The predicted octanol–water partition coefficient (Wildman–Crippen LogP) is 2.98. The molecule has 0 bridgehead atoms. The Hall–Kier alpha value is -3.02. The molecule has 0 aliphatic rings. The van der Waals surface area contributed by atoms with E-state index in [1.807, 2.05) is 49.3 Å². The van der Waals surface area contributed by atoms with Crippen LogP contribution in [0.1, 0.15) is 16.8 Å². The maximum Gasteiger partial charge on any atom is 0.339 e. The zero-order valence-corrected chi connectivity index (χ0v) is 14.7. The summed E-state index contributed by atoms with van der Waals surface area (Å²) in [6.07, 6.45) is 0.283. The number of rotatable bonds is 7. The van der Waals surface area contributed by atoms with Crippen molar-refractivity contribution in [1.29, 1.82) is 0 Å². The van der Waals surface area contributed by atoms with E-state index in [0.29, 0.717) is 17.8 Å². The average molecular weight is 341 g/mol. The third-order valence-corrected chi connectivity index (χ3v) is 3.67. The number of nitrogens with zero attached hydrogens (tertiary/aromatic N) is 1. The molecule has 2 aromatic rings. The Labute approximate surface area is 147 Å². The van der Waals surface area contributed by atoms with Gasteiger partial charge in [-0.3, -0.25) is 4.79 Å². The molecule has 0 saturated carbocycles. The molecule has 132 valence electrons. The number of hydrogen-bond acceptors (Lipinski definition) is 5. The molecule has 0 saturated heterocycles. The molecule has 2 rings (SSSR count). The molecule has 0 unspecified atom stereocenters. The number of ether oxygens (including phenoxy) is 1. The quantitative estimate of drug-likeness (QED) is 0.758. The first kappa shape index (κ1) is 18.3. The van der Waals surface area contributed by atoms with Crippen molar-refractivity contribution in [3.63, 3.8) is 0 Å². The number of anilines is 3. The molecule has 2 aromatic carbocycles. The number of esters is 1. The zero-order chi connectivity index (χ0) is 18.2. The minimum atomic E-state index is -0.409. The van der Waals surface area contributed by atoms with Gasteiger partial charge in [-0.25, -0.2) is 4.79 Å². The van der Waals surface area contributed by atoms with Crippen LogP contribution in [0.4, 0.5) is 17.1 Å². The van der Waals surface area contributed by atoms with E-state index >= 15 is 0 Å². The number of amides is 1. The number of nitrogens with one attached hydrogen (secondary N) is 2. The van der Waals surface area contributed by atoms with Gasteiger partial charge in [-0.15, -0.1) is 0 Å². The van der Waals surface area contributed by atoms with Crippen LogP contribution in [0, 0.1) is 0 Å². The number of para-hydroxylation sites is 1. The van der Waals surface area contributed by atoms with Crippen molar-refractivity contribution in [2.45, 2.75) is 6.42 Å². The lowest BCUT2D eigenvalue weighted by Gasteiger charge is -2.13. The highest BCUT2D eigenvalue weighted by molar-refractivity contribution is 5.96. The van der Waals surface area contributed by atoms with Gasteiger partial charge in [0.05, 0.1) is 12.7 Å². The van der Waals surface area contributed by atoms with Crippen molar-refractivity contribution in [3.8, 4) is 0 Å². The Bertz CT molecular complexity index is 727. The standard InChI is InChI=1S/C19H23N3O3/c1-22(2)15-10-8-14(9-11-15)21-18(23)12-13-20-17-7-5-4-6-16(17)19(24)25-3/h4-11,20H,12-13H2,1-3H3,(H,21,23). The van der Waals surface area contributed by atoms with Gasteiger partial charge in [0.25, 0.3) is 0 Å². The maximum absolute atomic E-state index is 12.0. The van der Waals surface area contributed by atoms with Crippen LogP contribution in [0.15, 0.2) is 48.5 Å². The van der Waals surface area contributed by atoms with E-state index in [2.05, 4.69) is 10.6 Å². The predicted molar refractivity (Wildman–Crippen MR) is 100 cm³/mol. The Kier molecular flexibility index (Phi) is 6.39. The largest absolute Gasteiger partial charge is 0.465 e. The van der Waals surface area contributed by atoms with Crippen molar-refractivity contribution < 1.29 is 14.3 Å². The normalized spacial score (nSPS) is 10.0. The van der Waals surface area contributed by atoms with Gasteiger partial charge in [0.1, 0.15) is 0 Å². The molecule has 6 nitrogen and oxygen atoms in total. The summed E-state index contributed by atoms with van der Waals surface area (Å²) < 4.78 is 4.75. The highest BCUT2D eigenvalue weighted by Crippen LogP contribution is 2.17. The van der Waals surface area contributed by atoms with Gasteiger partial charge >= 0.3 is 5.97 Å². The molecule has 0 heterocycles. The van der Waals surface area contributed by atoms with Crippen LogP contribution in [-0.4, -0.2) is 39.6 Å². The second kappa shape index (κ2) is 8.73. The Balaban J connectivity index is 1.86. The van der Waals surface area contributed by atoms with Gasteiger partial charge in [0.2, 0.25) is 5.91 Å². The molecule has 0 spiro atoms. The minimum absolute atomic E-state index is 0.0966. The van der Waals surface area contributed by atoms with Crippen molar-refractivity contribution in [3.05, 3.63) is 54.1 Å². The number of hydrogen-bond donors (Lipinski definition) is 2. The summed E-state index contributed by atoms with van der Waals surface area (Å²) in [5, 5.41) is 5.95. The van der Waals surface area contributed by atoms with Crippen molar-refractivity contribution in [2.75, 3.05) is 43.3 Å². The highest BCUT2D eigenvalue weighted by atomic mass is 16.5. The molecule has 1 amide bonds. The third-order valence-electron chi connectivity index (χ3n) is 3.67. The van der Waals surface area contributed by atoms with E-state index < -0.39 is 5.97 Å². The Morgan fingerprint density at radius 2 is 1.72 bits per heavy atom. The Morgan fingerprint density at radius 1 is 1.04 bits per heavy atom. The van der Waals surface area contributed by atoms with E-state index in [-0.39, 0.29) is 12.3 Å². The highest BCUT2D eigenvalue weighted by Gasteiger charge is 2.11. The van der Waals surface area contributed by atoms with Crippen LogP contribution in [-0.2, 0) is 9.53 Å². The third kappa shape index (κ3) is 5.24. The van der Waals surface area contributed by atoms with Crippen LogP contribution in [0.3, 0.4) is 0 Å². The first-order chi connectivity index (χ1) is 12.0. The van der Waals surface area contributed by atoms with E-state index in [1.54, 1.807) is 18.2 Å². The fourth-order valence-electron chi connectivity index (χ4n) is 2.30. The van der Waals surface area contributed by atoms with Gasteiger partial charge in [-0.1, -0.05) is 12.1 Å². The average Bonchev–Trinajstić information content (AvgIpc) is 2.62. The lowest BCUT2D eigenvalue weighted by molar-refractivity contribution is -0.115. The molecular weight excluding hydrogens is 318 g/mol. The lowest BCUT2D eigenvalue weighted by Crippen LogP contribution is -2.17. The first-order valence-corrected chi connectivity index (χ1v) is 7.99. The molecule has 2 N–H and O–H groups in total. The lowest BCUT2D eigenvalue weighted by atomic mass is 10.1. The summed E-state index contributed by atoms with van der Waals surface area (Å²) >= 11 is 0. The van der Waals surface area contributed by atoms with Crippen molar-refractivity contribution in [2.24, 2.45) is 0 Å². The number of carbonyl (C=O) groups excluding carboxylic acids is 2. The summed E-state index contributed by atoms with van der Waals surface area (Å²) in [4.78, 5) is 25.7. The van der Waals surface area contributed by atoms with Crippen molar-refractivity contribution >= 4 is 28.9 Å². The van der Waals surface area contributed by atoms with E-state index in [0.717, 1.165) is 11.4 Å². The van der Waals surface area contributed by atoms with Crippen LogP contribution in [0.25, 0.3) is 0 Å². The van der Waals surface area contributed by atoms with E-state index in [9.17, 15) is 9.59 Å². The topological polar surface area (TPSA) is 70.7 Å². The van der Waals surface area contributed by atoms with Gasteiger partial charge in [-0.2, -0.15) is 0 Å². The summed E-state index contributed by atoms with van der Waals surface area (Å²) in [5.74, 6) is -0.505. The zero-order valence-electron chi connectivity index (χ0n) is 14.7.